The van der Waals surface area contributed by atoms with E-state index in [2.05, 4.69) is 51.4 Å². The van der Waals surface area contributed by atoms with E-state index in [0.717, 1.165) is 11.8 Å². The van der Waals surface area contributed by atoms with Crippen molar-refractivity contribution in [2.24, 2.45) is 18.9 Å². The first-order chi connectivity index (χ1) is 6.50. The average Bonchev–Trinajstić information content (AvgIpc) is 2.34. The zero-order valence-electron chi connectivity index (χ0n) is 10.2. The Hall–Kier alpha value is -0.720. The van der Waals surface area contributed by atoms with Crippen LogP contribution in [0.1, 0.15) is 39.1 Å². The van der Waals surface area contributed by atoms with Gasteiger partial charge in [-0.2, -0.15) is 0 Å². The van der Waals surface area contributed by atoms with Gasteiger partial charge in [0.05, 0.1) is 0 Å². The van der Waals surface area contributed by atoms with E-state index in [4.69, 9.17) is 0 Å². The molecule has 1 rings (SSSR count). The van der Waals surface area contributed by atoms with Gasteiger partial charge in [0.25, 0.3) is 0 Å². The lowest BCUT2D eigenvalue weighted by Gasteiger charge is -2.10. The van der Waals surface area contributed by atoms with E-state index in [9.17, 15) is 0 Å². The van der Waals surface area contributed by atoms with Crippen molar-refractivity contribution in [3.8, 4) is 0 Å². The maximum Gasteiger partial charge on any atom is 0.0177 e. The van der Waals surface area contributed by atoms with Crippen LogP contribution in [0.25, 0.3) is 0 Å². The van der Waals surface area contributed by atoms with Gasteiger partial charge in [0.15, 0.2) is 0 Å². The van der Waals surface area contributed by atoms with E-state index >= 15 is 0 Å². The quantitative estimate of drug-likeness (QED) is 0.690. The Morgan fingerprint density at radius 1 is 0.929 bits per heavy atom. The first-order valence-electron chi connectivity index (χ1n) is 5.64. The summed E-state index contributed by atoms with van der Waals surface area (Å²) >= 11 is 0. The number of aromatic nitrogens is 1. The maximum absolute atomic E-state index is 2.36. The summed E-state index contributed by atoms with van der Waals surface area (Å²) < 4.78 is 2.36. The lowest BCUT2D eigenvalue weighted by atomic mass is 10.1. The SMILES string of the molecule is CC(C)Cc1ccc(CC(C)C)n1C. The Morgan fingerprint density at radius 2 is 1.29 bits per heavy atom. The van der Waals surface area contributed by atoms with Crippen molar-refractivity contribution in [3.63, 3.8) is 0 Å². The highest BCUT2D eigenvalue weighted by molar-refractivity contribution is 5.16. The molecule has 0 amide bonds. The van der Waals surface area contributed by atoms with Crippen LogP contribution in [0.4, 0.5) is 0 Å². The smallest absolute Gasteiger partial charge is 0.0177 e. The van der Waals surface area contributed by atoms with Crippen LogP contribution in [-0.2, 0) is 19.9 Å². The lowest BCUT2D eigenvalue weighted by Crippen LogP contribution is -2.06. The molecular formula is C13H23N. The van der Waals surface area contributed by atoms with Gasteiger partial charge >= 0.3 is 0 Å². The first-order valence-corrected chi connectivity index (χ1v) is 5.64. The number of rotatable bonds is 4. The molecule has 0 bridgehead atoms. The molecular weight excluding hydrogens is 170 g/mol. The van der Waals surface area contributed by atoms with Gasteiger partial charge in [-0.1, -0.05) is 27.7 Å². The van der Waals surface area contributed by atoms with Crippen molar-refractivity contribution in [1.29, 1.82) is 0 Å². The molecule has 0 radical (unpaired) electrons. The second-order valence-electron chi connectivity index (χ2n) is 5.07. The summed E-state index contributed by atoms with van der Waals surface area (Å²) in [4.78, 5) is 0. The zero-order valence-corrected chi connectivity index (χ0v) is 10.2. The topological polar surface area (TPSA) is 4.93 Å². The summed E-state index contributed by atoms with van der Waals surface area (Å²) in [6.07, 6.45) is 2.38. The van der Waals surface area contributed by atoms with Crippen molar-refractivity contribution < 1.29 is 0 Å². The van der Waals surface area contributed by atoms with Gasteiger partial charge in [-0.15, -0.1) is 0 Å². The van der Waals surface area contributed by atoms with Crippen LogP contribution in [0, 0.1) is 11.8 Å². The molecule has 0 unspecified atom stereocenters. The molecule has 0 spiro atoms. The molecule has 0 N–H and O–H groups in total. The van der Waals surface area contributed by atoms with Gasteiger partial charge in [-0.25, -0.2) is 0 Å². The molecule has 1 heterocycles. The molecule has 0 aliphatic rings. The molecule has 0 atom stereocenters. The molecule has 1 heteroatoms. The molecule has 0 aliphatic heterocycles. The summed E-state index contributed by atoms with van der Waals surface area (Å²) in [6.45, 7) is 9.09. The van der Waals surface area contributed by atoms with Crippen molar-refractivity contribution in [3.05, 3.63) is 23.5 Å². The fourth-order valence-corrected chi connectivity index (χ4v) is 1.85. The minimum absolute atomic E-state index is 0.746. The molecule has 0 saturated carbocycles. The van der Waals surface area contributed by atoms with Gasteiger partial charge in [0, 0.05) is 18.4 Å². The minimum Gasteiger partial charge on any atom is -0.352 e. The summed E-state index contributed by atoms with van der Waals surface area (Å²) in [6, 6.07) is 4.55. The molecule has 1 aromatic heterocycles. The van der Waals surface area contributed by atoms with E-state index in [-0.39, 0.29) is 0 Å². The lowest BCUT2D eigenvalue weighted by molar-refractivity contribution is 0.584. The molecule has 0 saturated heterocycles. The van der Waals surface area contributed by atoms with Crippen LogP contribution in [0.5, 0.6) is 0 Å². The van der Waals surface area contributed by atoms with Crippen molar-refractivity contribution >= 4 is 0 Å². The summed E-state index contributed by atoms with van der Waals surface area (Å²) in [7, 11) is 2.19. The third-order valence-electron chi connectivity index (χ3n) is 2.56. The van der Waals surface area contributed by atoms with E-state index in [1.807, 2.05) is 0 Å². The number of hydrogen-bond acceptors (Lipinski definition) is 0. The van der Waals surface area contributed by atoms with Gasteiger partial charge in [0.1, 0.15) is 0 Å². The van der Waals surface area contributed by atoms with Crippen LogP contribution < -0.4 is 0 Å². The Balaban J connectivity index is 2.75. The monoisotopic (exact) mass is 193 g/mol. The Bertz CT molecular complexity index is 254. The average molecular weight is 193 g/mol. The van der Waals surface area contributed by atoms with Crippen molar-refractivity contribution in [1.82, 2.24) is 4.57 Å². The van der Waals surface area contributed by atoms with Crippen molar-refractivity contribution in [2.45, 2.75) is 40.5 Å². The molecule has 80 valence electrons. The molecule has 1 nitrogen and oxygen atoms in total. The van der Waals surface area contributed by atoms with Crippen molar-refractivity contribution in [2.75, 3.05) is 0 Å². The highest BCUT2D eigenvalue weighted by atomic mass is 15.0. The third kappa shape index (κ3) is 2.90. The predicted molar refractivity (Wildman–Crippen MR) is 62.5 cm³/mol. The van der Waals surface area contributed by atoms with Gasteiger partial charge < -0.3 is 4.57 Å². The first kappa shape index (κ1) is 11.4. The second kappa shape index (κ2) is 4.68. The van der Waals surface area contributed by atoms with Crippen LogP contribution in [0.15, 0.2) is 12.1 Å². The van der Waals surface area contributed by atoms with E-state index < -0.39 is 0 Å². The largest absolute Gasteiger partial charge is 0.352 e. The highest BCUT2D eigenvalue weighted by Gasteiger charge is 2.07. The summed E-state index contributed by atoms with van der Waals surface area (Å²) in [5.41, 5.74) is 2.94. The fraction of sp³-hybridized carbons (Fsp3) is 0.692. The maximum atomic E-state index is 2.36. The van der Waals surface area contributed by atoms with Gasteiger partial charge in [-0.3, -0.25) is 0 Å². The van der Waals surface area contributed by atoms with E-state index in [1.165, 1.54) is 24.2 Å². The van der Waals surface area contributed by atoms with Crippen LogP contribution >= 0.6 is 0 Å². The number of nitrogens with zero attached hydrogens (tertiary/aromatic N) is 1. The zero-order chi connectivity index (χ0) is 10.7. The molecule has 0 aliphatic carbocycles. The molecule has 0 aromatic carbocycles. The van der Waals surface area contributed by atoms with E-state index in [1.54, 1.807) is 0 Å². The third-order valence-corrected chi connectivity index (χ3v) is 2.56. The van der Waals surface area contributed by atoms with Gasteiger partial charge in [-0.05, 0) is 36.8 Å². The molecule has 1 aromatic rings. The minimum atomic E-state index is 0.746. The Kier molecular flexibility index (Phi) is 3.79. The van der Waals surface area contributed by atoms with Crippen LogP contribution in [0.3, 0.4) is 0 Å². The molecule has 0 fully saturated rings. The van der Waals surface area contributed by atoms with E-state index in [0.29, 0.717) is 0 Å². The van der Waals surface area contributed by atoms with Gasteiger partial charge in [0.2, 0.25) is 0 Å². The van der Waals surface area contributed by atoms with Crippen LogP contribution in [0.2, 0.25) is 0 Å². The Labute approximate surface area is 88.1 Å². The van der Waals surface area contributed by atoms with Crippen LogP contribution in [-0.4, -0.2) is 4.57 Å². The summed E-state index contributed by atoms with van der Waals surface area (Å²) in [5.74, 6) is 1.49. The second-order valence-corrected chi connectivity index (χ2v) is 5.07. The Morgan fingerprint density at radius 3 is 1.57 bits per heavy atom. The normalized spacial score (nSPS) is 11.6. The summed E-state index contributed by atoms with van der Waals surface area (Å²) in [5, 5.41) is 0. The fourth-order valence-electron chi connectivity index (χ4n) is 1.85. The predicted octanol–water partition coefficient (Wildman–Crippen LogP) is 3.42. The number of hydrogen-bond donors (Lipinski definition) is 0. The molecule has 14 heavy (non-hydrogen) atoms. The standard InChI is InChI=1S/C13H23N/c1-10(2)8-12-6-7-13(14(12)5)9-11(3)4/h6-7,10-11H,8-9H2,1-5H3. The highest BCUT2D eigenvalue weighted by Crippen LogP contribution is 2.15.